The number of aliphatic hydroxyl groups is 3. The van der Waals surface area contributed by atoms with Crippen LogP contribution in [0.25, 0.3) is 0 Å². The summed E-state index contributed by atoms with van der Waals surface area (Å²) in [5.74, 6) is 6.27. The summed E-state index contributed by atoms with van der Waals surface area (Å²) in [6, 6.07) is 10.6. The largest absolute Gasteiger partial charge is 0.462 e. The van der Waals surface area contributed by atoms with Gasteiger partial charge < -0.3 is 24.8 Å². The highest BCUT2D eigenvalue weighted by molar-refractivity contribution is 5.85. The maximum atomic E-state index is 14.1. The van der Waals surface area contributed by atoms with Crippen LogP contribution in [0.15, 0.2) is 42.0 Å². The first-order valence-electron chi connectivity index (χ1n) is 23.4. The molecule has 0 unspecified atom stereocenters. The molecule has 7 aliphatic rings. The highest BCUT2D eigenvalue weighted by Crippen LogP contribution is 2.73. The summed E-state index contributed by atoms with van der Waals surface area (Å²) in [6.07, 6.45) is 19.9. The van der Waals surface area contributed by atoms with E-state index in [-0.39, 0.29) is 31.4 Å². The first-order chi connectivity index (χ1) is 27.8. The first kappa shape index (κ1) is 42.0. The van der Waals surface area contributed by atoms with Crippen LogP contribution in [0, 0.1) is 56.7 Å². The van der Waals surface area contributed by atoms with E-state index in [1.807, 2.05) is 13.0 Å². The lowest BCUT2D eigenvalue weighted by Gasteiger charge is -2.72. The second kappa shape index (κ2) is 16.3. The minimum atomic E-state index is -1.66. The van der Waals surface area contributed by atoms with Gasteiger partial charge in [0.2, 0.25) is 0 Å². The van der Waals surface area contributed by atoms with Crippen LogP contribution in [0.5, 0.6) is 0 Å². The van der Waals surface area contributed by atoms with Crippen molar-refractivity contribution in [1.29, 1.82) is 0 Å². The maximum Gasteiger partial charge on any atom is 0.331 e. The van der Waals surface area contributed by atoms with Crippen molar-refractivity contribution in [3.63, 3.8) is 0 Å². The van der Waals surface area contributed by atoms with Gasteiger partial charge in [-0.2, -0.15) is 0 Å². The lowest BCUT2D eigenvalue weighted by molar-refractivity contribution is -0.339. The molecule has 5 saturated carbocycles. The summed E-state index contributed by atoms with van der Waals surface area (Å²) in [5.41, 5.74) is -1.48. The first-order valence-corrected chi connectivity index (χ1v) is 23.4. The zero-order valence-corrected chi connectivity index (χ0v) is 35.9. The fourth-order valence-electron chi connectivity index (χ4n) is 15.0. The molecule has 2 bridgehead atoms. The molecule has 318 valence electrons. The molecule has 5 aliphatic carbocycles. The molecule has 9 atom stereocenters. The third kappa shape index (κ3) is 7.42. The standard InChI is InChI=1S/C51H72O7/c1-36(12-11-15-37-13-5-4-6-14-37)17-18-41(52)51-42(53)22-26-47(3,39-20-27-49(28-21-39)31-30-48(35-49)24-9-10-25-48)45(51)40-33-46(2,23-8-7-16-43(54)58-40)50(51,56)29-19-38-32-44(55)57-34-38/h4-6,13-14,32,36,39-42,45,52-53,56H,7,9-12,15-22,24-31,33-35H2,1-3H3/t36-,39?,40+,41+,42-,45+,46+,47+,49?,50-,51+/m1/s1. The van der Waals surface area contributed by atoms with E-state index in [4.69, 9.17) is 9.47 Å². The Labute approximate surface area is 348 Å². The van der Waals surface area contributed by atoms with Crippen molar-refractivity contribution in [2.24, 2.45) is 44.8 Å². The molecule has 2 aliphatic heterocycles. The molecule has 1 aromatic carbocycles. The van der Waals surface area contributed by atoms with Crippen LogP contribution < -0.4 is 0 Å². The second-order valence-corrected chi connectivity index (χ2v) is 21.3. The maximum absolute atomic E-state index is 14.1. The SMILES string of the molecule is C[C@H](CCCc1ccccc1)CC[C@H](O)[C@]12[C@H](O)CC[C@@](C)(C3CCC4(CC3)CCC3(CCCC3)C4)[C@@H]1[C@@H]1C[C@](C)(C#CCCC(=O)O1)[C@]2(O)CCC1=CC(=O)OC1. The number of aryl methyl sites for hydroxylation is 1. The molecule has 7 nitrogen and oxygen atoms in total. The zero-order chi connectivity index (χ0) is 40.8. The zero-order valence-electron chi connectivity index (χ0n) is 35.9. The van der Waals surface area contributed by atoms with Crippen molar-refractivity contribution in [2.45, 2.75) is 192 Å². The van der Waals surface area contributed by atoms with E-state index in [2.05, 4.69) is 50.0 Å². The minimum Gasteiger partial charge on any atom is -0.462 e. The van der Waals surface area contributed by atoms with Crippen LogP contribution in [-0.4, -0.2) is 57.8 Å². The Hall–Kier alpha value is -2.66. The summed E-state index contributed by atoms with van der Waals surface area (Å²) in [7, 11) is 0. The lowest BCUT2D eigenvalue weighted by Crippen LogP contribution is -2.79. The Kier molecular flexibility index (Phi) is 11.8. The van der Waals surface area contributed by atoms with E-state index in [1.165, 1.54) is 69.4 Å². The highest BCUT2D eigenvalue weighted by atomic mass is 16.5. The van der Waals surface area contributed by atoms with Crippen LogP contribution in [0.4, 0.5) is 0 Å². The lowest BCUT2D eigenvalue weighted by atomic mass is 9.35. The molecule has 7 heteroatoms. The topological polar surface area (TPSA) is 113 Å². The van der Waals surface area contributed by atoms with Crippen molar-refractivity contribution < 1.29 is 34.4 Å². The third-order valence-corrected chi connectivity index (χ3v) is 18.0. The molecule has 0 amide bonds. The van der Waals surface area contributed by atoms with Gasteiger partial charge in [0.1, 0.15) is 12.7 Å². The van der Waals surface area contributed by atoms with Crippen LogP contribution in [0.3, 0.4) is 0 Å². The van der Waals surface area contributed by atoms with Gasteiger partial charge in [0.05, 0.1) is 35.1 Å². The molecular weight excluding hydrogens is 725 g/mol. The van der Waals surface area contributed by atoms with E-state index in [1.54, 1.807) is 0 Å². The molecule has 3 N–H and O–H groups in total. The van der Waals surface area contributed by atoms with Gasteiger partial charge in [0.25, 0.3) is 0 Å². The third-order valence-electron chi connectivity index (χ3n) is 18.0. The van der Waals surface area contributed by atoms with Crippen LogP contribution in [0.1, 0.15) is 168 Å². The molecule has 0 aromatic heterocycles. The Morgan fingerprint density at radius 2 is 1.62 bits per heavy atom. The number of hydrogen-bond donors (Lipinski definition) is 3. The fourth-order valence-corrected chi connectivity index (χ4v) is 15.0. The predicted octanol–water partition coefficient (Wildman–Crippen LogP) is 9.58. The van der Waals surface area contributed by atoms with Gasteiger partial charge >= 0.3 is 11.9 Å². The predicted molar refractivity (Wildman–Crippen MR) is 225 cm³/mol. The highest BCUT2D eigenvalue weighted by Gasteiger charge is 2.78. The summed E-state index contributed by atoms with van der Waals surface area (Å²) in [5, 5.41) is 40.2. The van der Waals surface area contributed by atoms with E-state index in [0.717, 1.165) is 50.5 Å². The van der Waals surface area contributed by atoms with Crippen molar-refractivity contribution in [3.8, 4) is 11.8 Å². The van der Waals surface area contributed by atoms with E-state index in [0.29, 0.717) is 54.8 Å². The number of benzene rings is 1. The van der Waals surface area contributed by atoms with Crippen molar-refractivity contribution >= 4 is 11.9 Å². The number of aliphatic hydroxyl groups excluding tert-OH is 2. The Bertz CT molecular complexity index is 1740. The Morgan fingerprint density at radius 3 is 2.33 bits per heavy atom. The Balaban J connectivity index is 1.16. The molecular formula is C51H72O7. The normalized spacial score (nSPS) is 40.3. The van der Waals surface area contributed by atoms with E-state index < -0.39 is 46.1 Å². The quantitative estimate of drug-likeness (QED) is 0.143. The summed E-state index contributed by atoms with van der Waals surface area (Å²) in [4.78, 5) is 25.9. The van der Waals surface area contributed by atoms with Crippen LogP contribution in [0.2, 0.25) is 0 Å². The second-order valence-electron chi connectivity index (χ2n) is 21.3. The van der Waals surface area contributed by atoms with Crippen LogP contribution >= 0.6 is 0 Å². The molecule has 2 spiro atoms. The molecule has 1 aromatic rings. The van der Waals surface area contributed by atoms with Gasteiger partial charge in [0, 0.05) is 24.8 Å². The monoisotopic (exact) mass is 797 g/mol. The number of fused-ring (bicyclic) bond motifs is 4. The molecule has 8 rings (SSSR count). The average Bonchev–Trinajstić information content (AvgIpc) is 3.95. The fraction of sp³-hybridized carbons (Fsp3) is 0.765. The van der Waals surface area contributed by atoms with Gasteiger partial charge in [-0.05, 0) is 155 Å². The van der Waals surface area contributed by atoms with Gasteiger partial charge in [0.15, 0.2) is 0 Å². The molecule has 5 fully saturated rings. The van der Waals surface area contributed by atoms with Gasteiger partial charge in [-0.15, -0.1) is 5.92 Å². The van der Waals surface area contributed by atoms with Gasteiger partial charge in [-0.1, -0.05) is 69.4 Å². The molecule has 0 radical (unpaired) electrons. The number of esters is 2. The van der Waals surface area contributed by atoms with E-state index >= 15 is 0 Å². The number of carbonyl (C=O) groups excluding carboxylic acids is 2. The van der Waals surface area contributed by atoms with Gasteiger partial charge in [-0.25, -0.2) is 4.79 Å². The average molecular weight is 797 g/mol. The number of cyclic esters (lactones) is 1. The Morgan fingerprint density at radius 1 is 0.897 bits per heavy atom. The number of rotatable bonds is 12. The summed E-state index contributed by atoms with van der Waals surface area (Å²) in [6.45, 7) is 6.79. The van der Waals surface area contributed by atoms with Gasteiger partial charge in [-0.3, -0.25) is 4.79 Å². The molecule has 58 heavy (non-hydrogen) atoms. The van der Waals surface area contributed by atoms with Crippen LogP contribution in [-0.2, 0) is 25.5 Å². The summed E-state index contributed by atoms with van der Waals surface area (Å²) >= 11 is 0. The smallest absolute Gasteiger partial charge is 0.331 e. The number of ether oxygens (including phenoxy) is 2. The molecule has 2 heterocycles. The van der Waals surface area contributed by atoms with Crippen molar-refractivity contribution in [2.75, 3.05) is 6.61 Å². The van der Waals surface area contributed by atoms with Crippen molar-refractivity contribution in [1.82, 2.24) is 0 Å². The number of carbonyl (C=O) groups is 2. The molecule has 0 saturated heterocycles. The number of hydrogen-bond acceptors (Lipinski definition) is 7. The van der Waals surface area contributed by atoms with E-state index in [9.17, 15) is 24.9 Å². The minimum absolute atomic E-state index is 0.181. The summed E-state index contributed by atoms with van der Waals surface area (Å²) < 4.78 is 11.9. The van der Waals surface area contributed by atoms with Crippen molar-refractivity contribution in [3.05, 3.63) is 47.5 Å².